The highest BCUT2D eigenvalue weighted by Crippen LogP contribution is 2.32. The zero-order valence-corrected chi connectivity index (χ0v) is 11.5. The first kappa shape index (κ1) is 13.3. The van der Waals surface area contributed by atoms with Crippen molar-refractivity contribution in [2.75, 3.05) is 4.90 Å². The molecule has 0 bridgehead atoms. The van der Waals surface area contributed by atoms with Crippen LogP contribution in [-0.4, -0.2) is 28.0 Å². The molecule has 106 valence electrons. The second-order valence-electron chi connectivity index (χ2n) is 5.09. The summed E-state index contributed by atoms with van der Waals surface area (Å²) in [5.74, 6) is -1.26. The van der Waals surface area contributed by atoms with Crippen LogP contribution in [0.3, 0.4) is 0 Å². The molecule has 0 saturated carbocycles. The van der Waals surface area contributed by atoms with Gasteiger partial charge in [0, 0.05) is 17.9 Å². The van der Waals surface area contributed by atoms with E-state index in [1.807, 2.05) is 31.2 Å². The quantitative estimate of drug-likeness (QED) is 0.918. The van der Waals surface area contributed by atoms with E-state index in [1.165, 1.54) is 18.3 Å². The summed E-state index contributed by atoms with van der Waals surface area (Å²) in [7, 11) is 0. The van der Waals surface area contributed by atoms with Gasteiger partial charge in [-0.3, -0.25) is 4.79 Å². The van der Waals surface area contributed by atoms with Gasteiger partial charge in [0.15, 0.2) is 0 Å². The summed E-state index contributed by atoms with van der Waals surface area (Å²) in [6.07, 6.45) is 2.14. The second kappa shape index (κ2) is 5.01. The molecule has 21 heavy (non-hydrogen) atoms. The van der Waals surface area contributed by atoms with Gasteiger partial charge in [-0.05, 0) is 37.1 Å². The topological polar surface area (TPSA) is 70.5 Å². The molecule has 1 aliphatic heterocycles. The molecule has 0 saturated heterocycles. The number of nitrogens with zero attached hydrogens (tertiary/aromatic N) is 2. The minimum absolute atomic E-state index is 0.0681. The van der Waals surface area contributed by atoms with E-state index in [1.54, 1.807) is 4.90 Å². The molecule has 0 unspecified atom stereocenters. The van der Waals surface area contributed by atoms with Crippen molar-refractivity contribution >= 4 is 17.6 Å². The number of hydrogen-bond donors (Lipinski definition) is 1. The molecule has 5 heteroatoms. The summed E-state index contributed by atoms with van der Waals surface area (Å²) in [5.41, 5.74) is 2.38. The fraction of sp³-hybridized carbons (Fsp3) is 0.188. The van der Waals surface area contributed by atoms with Crippen LogP contribution >= 0.6 is 0 Å². The van der Waals surface area contributed by atoms with Crippen LogP contribution in [0.15, 0.2) is 42.6 Å². The summed E-state index contributed by atoms with van der Waals surface area (Å²) >= 11 is 0. The van der Waals surface area contributed by atoms with Crippen molar-refractivity contribution in [1.29, 1.82) is 0 Å². The smallest absolute Gasteiger partial charge is 0.354 e. The number of hydrogen-bond acceptors (Lipinski definition) is 3. The van der Waals surface area contributed by atoms with E-state index in [9.17, 15) is 9.59 Å². The van der Waals surface area contributed by atoms with Gasteiger partial charge in [-0.15, -0.1) is 0 Å². The summed E-state index contributed by atoms with van der Waals surface area (Å²) in [5, 5.41) is 8.84. The predicted octanol–water partition coefficient (Wildman–Crippen LogP) is 2.37. The molecule has 2 aromatic rings. The maximum absolute atomic E-state index is 12.6. The Morgan fingerprint density at radius 3 is 2.67 bits per heavy atom. The van der Waals surface area contributed by atoms with Crippen molar-refractivity contribution in [2.24, 2.45) is 0 Å². The monoisotopic (exact) mass is 282 g/mol. The zero-order valence-electron chi connectivity index (χ0n) is 11.5. The number of benzene rings is 1. The first-order valence-corrected chi connectivity index (χ1v) is 6.68. The van der Waals surface area contributed by atoms with E-state index in [0.717, 1.165) is 17.7 Å². The molecule has 1 aromatic carbocycles. The highest BCUT2D eigenvalue weighted by molar-refractivity contribution is 6.07. The number of pyridine rings is 1. The number of rotatable bonds is 2. The van der Waals surface area contributed by atoms with Crippen LogP contribution in [0.5, 0.6) is 0 Å². The highest BCUT2D eigenvalue weighted by Gasteiger charge is 2.31. The van der Waals surface area contributed by atoms with Crippen molar-refractivity contribution in [1.82, 2.24) is 4.98 Å². The van der Waals surface area contributed by atoms with Gasteiger partial charge in [0.2, 0.25) is 0 Å². The number of carbonyl (C=O) groups is 2. The predicted molar refractivity (Wildman–Crippen MR) is 77.6 cm³/mol. The molecular weight excluding hydrogens is 268 g/mol. The summed E-state index contributed by atoms with van der Waals surface area (Å²) < 4.78 is 0. The fourth-order valence-corrected chi connectivity index (χ4v) is 2.66. The number of aromatic carboxylic acids is 1. The van der Waals surface area contributed by atoms with Gasteiger partial charge in [-0.2, -0.15) is 0 Å². The standard InChI is InChI=1S/C16H14N2O3/c1-10-8-11-4-2-3-5-14(11)18(10)15(19)12-6-7-13(16(20)21)17-9-12/h2-7,9-10H,8H2,1H3,(H,20,21)/t10-/m1/s1. The maximum atomic E-state index is 12.6. The Kier molecular flexibility index (Phi) is 3.17. The lowest BCUT2D eigenvalue weighted by molar-refractivity contribution is 0.0689. The van der Waals surface area contributed by atoms with Gasteiger partial charge in [-0.25, -0.2) is 9.78 Å². The van der Waals surface area contributed by atoms with Crippen LogP contribution in [0.2, 0.25) is 0 Å². The lowest BCUT2D eigenvalue weighted by atomic mass is 10.1. The van der Waals surface area contributed by atoms with Crippen LogP contribution in [0, 0.1) is 0 Å². The van der Waals surface area contributed by atoms with Gasteiger partial charge < -0.3 is 10.0 Å². The summed E-state index contributed by atoms with van der Waals surface area (Å²) in [6.45, 7) is 2.00. The fourth-order valence-electron chi connectivity index (χ4n) is 2.66. The van der Waals surface area contributed by atoms with Crippen LogP contribution in [0.25, 0.3) is 0 Å². The molecule has 1 amide bonds. The first-order chi connectivity index (χ1) is 10.1. The first-order valence-electron chi connectivity index (χ1n) is 6.68. The molecule has 1 atom stereocenters. The van der Waals surface area contributed by atoms with Crippen LogP contribution in [0.1, 0.15) is 33.3 Å². The highest BCUT2D eigenvalue weighted by atomic mass is 16.4. The van der Waals surface area contributed by atoms with Gasteiger partial charge in [0.25, 0.3) is 5.91 Å². The number of fused-ring (bicyclic) bond motifs is 1. The Hall–Kier alpha value is -2.69. The molecule has 1 aliphatic rings. The SMILES string of the molecule is C[C@@H]1Cc2ccccc2N1C(=O)c1ccc(C(=O)O)nc1. The second-order valence-corrected chi connectivity index (χ2v) is 5.09. The van der Waals surface area contributed by atoms with Crippen molar-refractivity contribution in [3.63, 3.8) is 0 Å². The molecule has 2 heterocycles. The maximum Gasteiger partial charge on any atom is 0.354 e. The Morgan fingerprint density at radius 2 is 2.00 bits per heavy atom. The number of carbonyl (C=O) groups excluding carboxylic acids is 1. The van der Waals surface area contributed by atoms with Gasteiger partial charge >= 0.3 is 5.97 Å². The Morgan fingerprint density at radius 1 is 1.24 bits per heavy atom. The summed E-state index contributed by atoms with van der Waals surface area (Å²) in [4.78, 5) is 29.0. The molecule has 0 radical (unpaired) electrons. The molecule has 1 N–H and O–H groups in total. The Bertz CT molecular complexity index is 710. The van der Waals surface area contributed by atoms with E-state index in [2.05, 4.69) is 4.98 Å². The Balaban J connectivity index is 1.93. The van der Waals surface area contributed by atoms with Crippen molar-refractivity contribution in [2.45, 2.75) is 19.4 Å². The molecule has 0 aliphatic carbocycles. The van der Waals surface area contributed by atoms with E-state index < -0.39 is 5.97 Å². The minimum Gasteiger partial charge on any atom is -0.477 e. The number of aromatic nitrogens is 1. The van der Waals surface area contributed by atoms with Crippen LogP contribution in [-0.2, 0) is 6.42 Å². The van der Waals surface area contributed by atoms with E-state index in [-0.39, 0.29) is 17.6 Å². The van der Waals surface area contributed by atoms with Crippen LogP contribution in [0.4, 0.5) is 5.69 Å². The van der Waals surface area contributed by atoms with E-state index in [4.69, 9.17) is 5.11 Å². The molecule has 0 fully saturated rings. The van der Waals surface area contributed by atoms with Gasteiger partial charge in [0.05, 0.1) is 5.56 Å². The third-order valence-corrected chi connectivity index (χ3v) is 3.66. The molecule has 3 rings (SSSR count). The summed E-state index contributed by atoms with van der Waals surface area (Å²) in [6, 6.07) is 10.7. The number of para-hydroxylation sites is 1. The van der Waals surface area contributed by atoms with Crippen molar-refractivity contribution in [3.05, 3.63) is 59.4 Å². The number of anilines is 1. The van der Waals surface area contributed by atoms with Gasteiger partial charge in [-0.1, -0.05) is 18.2 Å². The third kappa shape index (κ3) is 2.27. The minimum atomic E-state index is -1.10. The number of amides is 1. The van der Waals surface area contributed by atoms with E-state index in [0.29, 0.717) is 5.56 Å². The van der Waals surface area contributed by atoms with Crippen molar-refractivity contribution < 1.29 is 14.7 Å². The number of carboxylic acids is 1. The van der Waals surface area contributed by atoms with E-state index >= 15 is 0 Å². The average molecular weight is 282 g/mol. The largest absolute Gasteiger partial charge is 0.477 e. The lowest BCUT2D eigenvalue weighted by Gasteiger charge is -2.22. The van der Waals surface area contributed by atoms with Crippen molar-refractivity contribution in [3.8, 4) is 0 Å². The average Bonchev–Trinajstić information content (AvgIpc) is 2.82. The normalized spacial score (nSPS) is 16.6. The van der Waals surface area contributed by atoms with Gasteiger partial charge in [0.1, 0.15) is 5.69 Å². The molecule has 0 spiro atoms. The third-order valence-electron chi connectivity index (χ3n) is 3.66. The molecule has 5 nitrogen and oxygen atoms in total. The Labute approximate surface area is 121 Å². The van der Waals surface area contributed by atoms with Crippen LogP contribution < -0.4 is 4.90 Å². The zero-order chi connectivity index (χ0) is 15.0. The molecule has 1 aromatic heterocycles. The molecular formula is C16H14N2O3. The number of carboxylic acid groups (broad SMARTS) is 1. The lowest BCUT2D eigenvalue weighted by Crippen LogP contribution is -2.35.